The lowest BCUT2D eigenvalue weighted by molar-refractivity contribution is -0.134. The molecule has 0 aromatic heterocycles. The van der Waals surface area contributed by atoms with Crippen LogP contribution in [0, 0.1) is 11.8 Å². The minimum Gasteiger partial charge on any atom is -0.497 e. The fourth-order valence-electron chi connectivity index (χ4n) is 2.79. The molecule has 4 atom stereocenters. The summed E-state index contributed by atoms with van der Waals surface area (Å²) >= 11 is 1.97. The Morgan fingerprint density at radius 1 is 1.57 bits per heavy atom. The molecule has 76 valence electrons. The van der Waals surface area contributed by atoms with Crippen LogP contribution in [0.15, 0.2) is 12.3 Å². The van der Waals surface area contributed by atoms with Gasteiger partial charge in [-0.1, -0.05) is 13.8 Å². The highest BCUT2D eigenvalue weighted by Crippen LogP contribution is 2.56. The Morgan fingerprint density at radius 2 is 2.36 bits per heavy atom. The van der Waals surface area contributed by atoms with Crippen molar-refractivity contribution in [2.45, 2.75) is 36.4 Å². The van der Waals surface area contributed by atoms with Crippen molar-refractivity contribution in [1.82, 2.24) is 0 Å². The molecule has 14 heavy (non-hydrogen) atoms. The molecule has 0 amide bonds. The van der Waals surface area contributed by atoms with E-state index < -0.39 is 0 Å². The number of hydrogen-bond donors (Lipinski definition) is 0. The van der Waals surface area contributed by atoms with E-state index >= 15 is 0 Å². The van der Waals surface area contributed by atoms with E-state index in [1.54, 1.807) is 6.26 Å². The molecule has 3 heteroatoms. The zero-order chi connectivity index (χ0) is 9.92. The van der Waals surface area contributed by atoms with Gasteiger partial charge in [0, 0.05) is 22.3 Å². The molecule has 2 fully saturated rings. The number of ketones is 1. The van der Waals surface area contributed by atoms with E-state index in [1.807, 2.05) is 11.8 Å². The number of rotatable bonds is 0. The molecule has 2 aliphatic heterocycles. The van der Waals surface area contributed by atoms with Gasteiger partial charge in [0.15, 0.2) is 0 Å². The first-order valence-corrected chi connectivity index (χ1v) is 5.99. The molecule has 2 nitrogen and oxygen atoms in total. The van der Waals surface area contributed by atoms with E-state index in [4.69, 9.17) is 4.74 Å². The Morgan fingerprint density at radius 3 is 3.14 bits per heavy atom. The Balaban J connectivity index is 1.87. The monoisotopic (exact) mass is 210 g/mol. The summed E-state index contributed by atoms with van der Waals surface area (Å²) in [6.07, 6.45) is 4.77. The molecule has 3 aliphatic rings. The van der Waals surface area contributed by atoms with E-state index in [2.05, 4.69) is 19.9 Å². The lowest BCUT2D eigenvalue weighted by Gasteiger charge is -2.52. The third-order valence-corrected chi connectivity index (χ3v) is 5.09. The maximum Gasteiger partial charge on any atom is 0.142 e. The molecule has 0 radical (unpaired) electrons. The molecule has 3 rings (SSSR count). The summed E-state index contributed by atoms with van der Waals surface area (Å²) in [7, 11) is 0. The highest BCUT2D eigenvalue weighted by molar-refractivity contribution is 8.01. The number of ether oxygens (including phenoxy) is 1. The average molecular weight is 210 g/mol. The first kappa shape index (κ1) is 8.84. The molecule has 0 spiro atoms. The molecule has 0 unspecified atom stereocenters. The fraction of sp³-hybridized carbons (Fsp3) is 0.727. The molecule has 0 aromatic carbocycles. The van der Waals surface area contributed by atoms with Crippen LogP contribution < -0.4 is 0 Å². The topological polar surface area (TPSA) is 26.3 Å². The van der Waals surface area contributed by atoms with Crippen molar-refractivity contribution >= 4 is 17.5 Å². The summed E-state index contributed by atoms with van der Waals surface area (Å²) < 4.78 is 5.57. The van der Waals surface area contributed by atoms with Crippen LogP contribution in [-0.2, 0) is 9.53 Å². The maximum absolute atomic E-state index is 11.9. The average Bonchev–Trinajstić information content (AvgIpc) is 2.42. The summed E-state index contributed by atoms with van der Waals surface area (Å²) in [5, 5.41) is 0.481. The summed E-state index contributed by atoms with van der Waals surface area (Å²) in [6, 6.07) is 0. The van der Waals surface area contributed by atoms with E-state index in [0.29, 0.717) is 23.4 Å². The number of carbonyl (C=O) groups is 1. The van der Waals surface area contributed by atoms with E-state index in [-0.39, 0.29) is 16.8 Å². The summed E-state index contributed by atoms with van der Waals surface area (Å²) in [6.45, 7) is 4.33. The Bertz CT molecular complexity index is 321. The van der Waals surface area contributed by atoms with Crippen molar-refractivity contribution in [1.29, 1.82) is 0 Å². The zero-order valence-corrected chi connectivity index (χ0v) is 9.21. The molecule has 0 N–H and O–H groups in total. The molecule has 0 bridgehead atoms. The highest BCUT2D eigenvalue weighted by atomic mass is 32.2. The second-order valence-electron chi connectivity index (χ2n) is 5.02. The van der Waals surface area contributed by atoms with Crippen molar-refractivity contribution < 1.29 is 9.53 Å². The number of hydrogen-bond acceptors (Lipinski definition) is 3. The third kappa shape index (κ3) is 1.02. The van der Waals surface area contributed by atoms with Crippen LogP contribution in [0.5, 0.6) is 0 Å². The lowest BCUT2D eigenvalue weighted by Crippen LogP contribution is -2.59. The molecular formula is C11H14O2S. The first-order chi connectivity index (χ1) is 6.58. The van der Waals surface area contributed by atoms with Gasteiger partial charge in [-0.05, 0) is 6.08 Å². The van der Waals surface area contributed by atoms with Crippen molar-refractivity contribution in [3.63, 3.8) is 0 Å². The van der Waals surface area contributed by atoms with Crippen molar-refractivity contribution in [2.75, 3.05) is 0 Å². The maximum atomic E-state index is 11.9. The van der Waals surface area contributed by atoms with Gasteiger partial charge in [-0.15, -0.1) is 0 Å². The highest BCUT2D eigenvalue weighted by Gasteiger charge is 2.60. The Hall–Kier alpha value is -0.440. The van der Waals surface area contributed by atoms with Gasteiger partial charge in [0.25, 0.3) is 0 Å². The van der Waals surface area contributed by atoms with Gasteiger partial charge < -0.3 is 4.74 Å². The standard InChI is InChI=1S/C11H14O2S/c1-11(2)5-7(12)8-9-6(3-4-13-9)10(8)14-11/h3-4,6,8-10H,5H2,1-2H3/t6-,8-,9+,10+/m0/s1. The largest absolute Gasteiger partial charge is 0.497 e. The third-order valence-electron chi connectivity index (χ3n) is 3.43. The van der Waals surface area contributed by atoms with Gasteiger partial charge in [0.05, 0.1) is 12.2 Å². The van der Waals surface area contributed by atoms with Gasteiger partial charge in [-0.25, -0.2) is 0 Å². The van der Waals surface area contributed by atoms with Gasteiger partial charge in [-0.3, -0.25) is 4.79 Å². The van der Waals surface area contributed by atoms with Gasteiger partial charge in [0.2, 0.25) is 0 Å². The van der Waals surface area contributed by atoms with E-state index in [0.717, 1.165) is 0 Å². The number of thioether (sulfide) groups is 1. The van der Waals surface area contributed by atoms with Crippen LogP contribution in [0.25, 0.3) is 0 Å². The summed E-state index contributed by atoms with van der Waals surface area (Å²) in [4.78, 5) is 11.9. The van der Waals surface area contributed by atoms with E-state index in [1.165, 1.54) is 0 Å². The second kappa shape index (κ2) is 2.57. The van der Waals surface area contributed by atoms with E-state index in [9.17, 15) is 4.79 Å². The minimum atomic E-state index is 0.125. The molecule has 1 aliphatic carbocycles. The Kier molecular flexibility index (Phi) is 1.62. The number of Topliss-reactive ketones (excluding diaryl/α,β-unsaturated/α-hetero) is 1. The zero-order valence-electron chi connectivity index (χ0n) is 8.40. The minimum absolute atomic E-state index is 0.125. The smallest absolute Gasteiger partial charge is 0.142 e. The first-order valence-electron chi connectivity index (χ1n) is 5.11. The molecule has 1 saturated heterocycles. The van der Waals surface area contributed by atoms with Crippen LogP contribution in [-0.4, -0.2) is 21.9 Å². The molecule has 0 aromatic rings. The molecular weight excluding hydrogens is 196 g/mol. The van der Waals surface area contributed by atoms with Gasteiger partial charge in [-0.2, -0.15) is 11.8 Å². The fourth-order valence-corrected chi connectivity index (χ4v) is 4.61. The number of fused-ring (bicyclic) bond motifs is 4. The summed E-state index contributed by atoms with van der Waals surface area (Å²) in [5.74, 6) is 1.07. The predicted molar refractivity (Wildman–Crippen MR) is 56.1 cm³/mol. The van der Waals surface area contributed by atoms with Crippen LogP contribution in [0.1, 0.15) is 20.3 Å². The van der Waals surface area contributed by atoms with Crippen LogP contribution in [0.3, 0.4) is 0 Å². The van der Waals surface area contributed by atoms with Gasteiger partial charge in [0.1, 0.15) is 11.9 Å². The molecule has 2 heterocycles. The van der Waals surface area contributed by atoms with Crippen molar-refractivity contribution in [3.8, 4) is 0 Å². The Labute approximate surface area is 88.1 Å². The predicted octanol–water partition coefficient (Wildman–Crippen LogP) is 2.00. The lowest BCUT2D eigenvalue weighted by atomic mass is 9.68. The van der Waals surface area contributed by atoms with Gasteiger partial charge >= 0.3 is 0 Å². The molecule has 1 saturated carbocycles. The van der Waals surface area contributed by atoms with Crippen molar-refractivity contribution in [2.24, 2.45) is 11.8 Å². The van der Waals surface area contributed by atoms with Crippen LogP contribution in [0.2, 0.25) is 0 Å². The van der Waals surface area contributed by atoms with Crippen LogP contribution in [0.4, 0.5) is 0 Å². The summed E-state index contributed by atoms with van der Waals surface area (Å²) in [5.41, 5.74) is 0. The second-order valence-corrected chi connectivity index (χ2v) is 6.90. The quantitative estimate of drug-likeness (QED) is 0.611. The van der Waals surface area contributed by atoms with Crippen molar-refractivity contribution in [3.05, 3.63) is 12.3 Å². The SMILES string of the molecule is CC1(C)CC(=O)[C@H]2[C@@H]3OC=C[C@@H]3[C@H]2S1. The van der Waals surface area contributed by atoms with Crippen LogP contribution >= 0.6 is 11.8 Å². The number of carbonyl (C=O) groups excluding carboxylic acids is 1. The normalized spacial score (nSPS) is 47.7.